The van der Waals surface area contributed by atoms with E-state index in [2.05, 4.69) is 29.7 Å². The van der Waals surface area contributed by atoms with Gasteiger partial charge in [-0.25, -0.2) is 0 Å². The van der Waals surface area contributed by atoms with E-state index >= 15 is 0 Å². The molecule has 5 nitrogen and oxygen atoms in total. The number of nitrogens with zero attached hydrogens (tertiary/aromatic N) is 1. The van der Waals surface area contributed by atoms with Crippen molar-refractivity contribution in [2.45, 2.75) is 51.9 Å². The maximum absolute atomic E-state index is 12.8. The molecule has 2 rings (SSSR count). The maximum atomic E-state index is 12.8. The first-order chi connectivity index (χ1) is 14.5. The molecule has 0 fully saturated rings. The van der Waals surface area contributed by atoms with Gasteiger partial charge in [-0.3, -0.25) is 9.59 Å². The Labute approximate surface area is 180 Å². The van der Waals surface area contributed by atoms with Gasteiger partial charge in [0.25, 0.3) is 5.91 Å². The van der Waals surface area contributed by atoms with Gasteiger partial charge in [-0.05, 0) is 36.6 Å². The van der Waals surface area contributed by atoms with Crippen molar-refractivity contribution >= 4 is 23.2 Å². The molecule has 0 heterocycles. The summed E-state index contributed by atoms with van der Waals surface area (Å²) >= 11 is 0. The minimum Gasteiger partial charge on any atom is -0.377 e. The molecule has 30 heavy (non-hydrogen) atoms. The molecule has 0 radical (unpaired) electrons. The van der Waals surface area contributed by atoms with Crippen LogP contribution < -0.4 is 15.5 Å². The van der Waals surface area contributed by atoms with Crippen LogP contribution in [0.5, 0.6) is 0 Å². The van der Waals surface area contributed by atoms with Gasteiger partial charge in [-0.15, -0.1) is 0 Å². The SMILES string of the molecule is CCCCCCCC(=O)Nc1ccc(N(C)C)c(C(=O)NCCc2ccccc2)c1. The highest BCUT2D eigenvalue weighted by atomic mass is 16.2. The molecule has 2 aromatic carbocycles. The fourth-order valence-electron chi connectivity index (χ4n) is 3.36. The summed E-state index contributed by atoms with van der Waals surface area (Å²) in [5.41, 5.74) is 3.23. The lowest BCUT2D eigenvalue weighted by atomic mass is 10.1. The third-order valence-electron chi connectivity index (χ3n) is 5.06. The van der Waals surface area contributed by atoms with Gasteiger partial charge >= 0.3 is 0 Å². The Kier molecular flexibility index (Phi) is 9.92. The van der Waals surface area contributed by atoms with Crippen LogP contribution in [0.25, 0.3) is 0 Å². The standard InChI is InChI=1S/C25H35N3O2/c1-4-5-6-7-11-14-24(29)27-21-15-16-23(28(2)3)22(19-21)25(30)26-18-17-20-12-9-8-10-13-20/h8-10,12-13,15-16,19H,4-7,11,14,17-18H2,1-3H3,(H,26,30)(H,27,29). The molecule has 2 N–H and O–H groups in total. The fraction of sp³-hybridized carbons (Fsp3) is 0.440. The van der Waals surface area contributed by atoms with Crippen molar-refractivity contribution in [3.05, 3.63) is 59.7 Å². The molecule has 0 aliphatic carbocycles. The second-order valence-corrected chi connectivity index (χ2v) is 7.83. The number of carbonyl (C=O) groups excluding carboxylic acids is 2. The Morgan fingerprint density at radius 3 is 2.37 bits per heavy atom. The number of anilines is 2. The smallest absolute Gasteiger partial charge is 0.253 e. The molecule has 0 saturated carbocycles. The summed E-state index contributed by atoms with van der Waals surface area (Å²) in [5, 5.41) is 5.94. The maximum Gasteiger partial charge on any atom is 0.253 e. The Hall–Kier alpha value is -2.82. The van der Waals surface area contributed by atoms with Crippen LogP contribution in [-0.4, -0.2) is 32.5 Å². The van der Waals surface area contributed by atoms with Crippen molar-refractivity contribution in [2.24, 2.45) is 0 Å². The Bertz CT molecular complexity index is 803. The van der Waals surface area contributed by atoms with E-state index in [1.54, 1.807) is 6.07 Å². The number of carbonyl (C=O) groups is 2. The molecule has 0 aliphatic rings. The Morgan fingerprint density at radius 1 is 0.933 bits per heavy atom. The molecular formula is C25H35N3O2. The van der Waals surface area contributed by atoms with Gasteiger partial charge in [0.1, 0.15) is 0 Å². The highest BCUT2D eigenvalue weighted by Gasteiger charge is 2.14. The summed E-state index contributed by atoms with van der Waals surface area (Å²) in [4.78, 5) is 27.0. The number of rotatable bonds is 12. The van der Waals surface area contributed by atoms with Gasteiger partial charge < -0.3 is 15.5 Å². The molecule has 2 amide bonds. The first kappa shape index (κ1) is 23.5. The summed E-state index contributed by atoms with van der Waals surface area (Å²) < 4.78 is 0. The highest BCUT2D eigenvalue weighted by Crippen LogP contribution is 2.23. The van der Waals surface area contributed by atoms with Crippen molar-refractivity contribution in [1.82, 2.24) is 5.32 Å². The zero-order valence-corrected chi connectivity index (χ0v) is 18.5. The lowest BCUT2D eigenvalue weighted by molar-refractivity contribution is -0.116. The van der Waals surface area contributed by atoms with E-state index in [0.717, 1.165) is 24.9 Å². The number of hydrogen-bond acceptors (Lipinski definition) is 3. The number of unbranched alkanes of at least 4 members (excludes halogenated alkanes) is 4. The Balaban J connectivity index is 1.95. The number of benzene rings is 2. The number of amides is 2. The molecule has 0 spiro atoms. The first-order valence-corrected chi connectivity index (χ1v) is 10.9. The Morgan fingerprint density at radius 2 is 1.67 bits per heavy atom. The molecule has 0 bridgehead atoms. The zero-order chi connectivity index (χ0) is 21.8. The van der Waals surface area contributed by atoms with Gasteiger partial charge in [0.15, 0.2) is 0 Å². The van der Waals surface area contributed by atoms with Gasteiger partial charge in [-0.2, -0.15) is 0 Å². The first-order valence-electron chi connectivity index (χ1n) is 10.9. The molecule has 0 aromatic heterocycles. The molecular weight excluding hydrogens is 374 g/mol. The quantitative estimate of drug-likeness (QED) is 0.484. The second-order valence-electron chi connectivity index (χ2n) is 7.83. The monoisotopic (exact) mass is 409 g/mol. The van der Waals surface area contributed by atoms with Crippen LogP contribution >= 0.6 is 0 Å². The molecule has 5 heteroatoms. The average molecular weight is 410 g/mol. The molecule has 0 atom stereocenters. The van der Waals surface area contributed by atoms with Crippen molar-refractivity contribution in [2.75, 3.05) is 30.9 Å². The van der Waals surface area contributed by atoms with Crippen molar-refractivity contribution in [1.29, 1.82) is 0 Å². The summed E-state index contributed by atoms with van der Waals surface area (Å²) in [5.74, 6) is -0.134. The molecule has 0 saturated heterocycles. The average Bonchev–Trinajstić information content (AvgIpc) is 2.74. The number of hydrogen-bond donors (Lipinski definition) is 2. The lowest BCUT2D eigenvalue weighted by Crippen LogP contribution is -2.28. The molecule has 2 aromatic rings. The van der Waals surface area contributed by atoms with Crippen LogP contribution in [0.1, 0.15) is 61.4 Å². The van der Waals surface area contributed by atoms with E-state index in [-0.39, 0.29) is 11.8 Å². The van der Waals surface area contributed by atoms with Crippen LogP contribution in [0.15, 0.2) is 48.5 Å². The van der Waals surface area contributed by atoms with Crippen molar-refractivity contribution in [3.8, 4) is 0 Å². The van der Waals surface area contributed by atoms with E-state index in [1.165, 1.54) is 24.8 Å². The normalized spacial score (nSPS) is 10.5. The predicted molar refractivity (Wildman–Crippen MR) is 125 cm³/mol. The third-order valence-corrected chi connectivity index (χ3v) is 5.06. The van der Waals surface area contributed by atoms with E-state index in [1.807, 2.05) is 49.3 Å². The van der Waals surface area contributed by atoms with Crippen LogP contribution in [0, 0.1) is 0 Å². The predicted octanol–water partition coefficient (Wildman–Crippen LogP) is 5.02. The third kappa shape index (κ3) is 7.90. The van der Waals surface area contributed by atoms with Crippen LogP contribution in [0.4, 0.5) is 11.4 Å². The molecule has 162 valence electrons. The van der Waals surface area contributed by atoms with Gasteiger partial charge in [0, 0.05) is 38.4 Å². The summed E-state index contributed by atoms with van der Waals surface area (Å²) in [6.45, 7) is 2.74. The van der Waals surface area contributed by atoms with Gasteiger partial charge in [0.05, 0.1) is 5.56 Å². The largest absolute Gasteiger partial charge is 0.377 e. The zero-order valence-electron chi connectivity index (χ0n) is 18.5. The minimum atomic E-state index is -0.134. The van der Waals surface area contributed by atoms with E-state index in [4.69, 9.17) is 0 Å². The minimum absolute atomic E-state index is 0.000428. The van der Waals surface area contributed by atoms with Crippen molar-refractivity contribution in [3.63, 3.8) is 0 Å². The topological polar surface area (TPSA) is 61.4 Å². The summed E-state index contributed by atoms with van der Waals surface area (Å²) in [6, 6.07) is 15.6. The molecule has 0 aliphatic heterocycles. The van der Waals surface area contributed by atoms with E-state index in [0.29, 0.717) is 24.2 Å². The van der Waals surface area contributed by atoms with Gasteiger partial charge in [-0.1, -0.05) is 62.9 Å². The second kappa shape index (κ2) is 12.7. The summed E-state index contributed by atoms with van der Waals surface area (Å²) in [6.07, 6.45) is 6.85. The van der Waals surface area contributed by atoms with E-state index in [9.17, 15) is 9.59 Å². The van der Waals surface area contributed by atoms with E-state index < -0.39 is 0 Å². The lowest BCUT2D eigenvalue weighted by Gasteiger charge is -2.18. The highest BCUT2D eigenvalue weighted by molar-refractivity contribution is 6.02. The van der Waals surface area contributed by atoms with Gasteiger partial charge in [0.2, 0.25) is 5.91 Å². The van der Waals surface area contributed by atoms with Crippen LogP contribution in [0.3, 0.4) is 0 Å². The fourth-order valence-corrected chi connectivity index (χ4v) is 3.36. The summed E-state index contributed by atoms with van der Waals surface area (Å²) in [7, 11) is 3.81. The number of nitrogens with one attached hydrogen (secondary N) is 2. The van der Waals surface area contributed by atoms with Crippen LogP contribution in [0.2, 0.25) is 0 Å². The van der Waals surface area contributed by atoms with Crippen molar-refractivity contribution < 1.29 is 9.59 Å². The molecule has 0 unspecified atom stereocenters. The van der Waals surface area contributed by atoms with Crippen LogP contribution in [-0.2, 0) is 11.2 Å².